The quantitative estimate of drug-likeness (QED) is 0.822. The van der Waals surface area contributed by atoms with Crippen LogP contribution in [-0.2, 0) is 0 Å². The Morgan fingerprint density at radius 3 is 1.86 bits per heavy atom. The smallest absolute Gasteiger partial charge is 0.321 e. The summed E-state index contributed by atoms with van der Waals surface area (Å²) in [6.07, 6.45) is 1.84. The largest absolute Gasteiger partial charge is 0.322 e. The van der Waals surface area contributed by atoms with Crippen LogP contribution in [0.1, 0.15) is 37.9 Å². The lowest BCUT2D eigenvalue weighted by Crippen LogP contribution is -2.51. The molecule has 4 nitrogen and oxygen atoms in total. The van der Waals surface area contributed by atoms with E-state index >= 15 is 0 Å². The fourth-order valence-electron chi connectivity index (χ4n) is 3.50. The zero-order valence-electron chi connectivity index (χ0n) is 17.1. The maximum atomic E-state index is 12.5. The average Bonchev–Trinajstić information content (AvgIpc) is 2.74. The second-order valence-electron chi connectivity index (χ2n) is 7.74. The van der Waals surface area contributed by atoms with Crippen molar-refractivity contribution in [2.45, 2.75) is 26.8 Å². The average molecular weight is 378 g/mol. The highest BCUT2D eigenvalue weighted by Gasteiger charge is 2.27. The SMILES string of the molecule is C/C(=C\NC(=O)N1CCN(C(c2ccccc2)c2ccccc2)CC1)C(C)C. The third kappa shape index (κ3) is 5.02. The number of piperazine rings is 1. The van der Waals surface area contributed by atoms with Crippen molar-refractivity contribution in [3.05, 3.63) is 83.6 Å². The number of nitrogens with one attached hydrogen (secondary N) is 1. The molecule has 1 fully saturated rings. The van der Waals surface area contributed by atoms with Gasteiger partial charge >= 0.3 is 6.03 Å². The number of benzene rings is 2. The van der Waals surface area contributed by atoms with Gasteiger partial charge in [0.25, 0.3) is 0 Å². The Bertz CT molecular complexity index is 739. The first kappa shape index (κ1) is 20.2. The lowest BCUT2D eigenvalue weighted by atomic mass is 9.96. The molecule has 3 rings (SSSR count). The maximum Gasteiger partial charge on any atom is 0.321 e. The predicted octanol–water partition coefficient (Wildman–Crippen LogP) is 4.66. The molecule has 0 bridgehead atoms. The van der Waals surface area contributed by atoms with E-state index in [1.807, 2.05) is 18.0 Å². The zero-order chi connectivity index (χ0) is 19.9. The molecule has 0 spiro atoms. The summed E-state index contributed by atoms with van der Waals surface area (Å²) in [5.74, 6) is 0.439. The Morgan fingerprint density at radius 2 is 1.39 bits per heavy atom. The molecule has 1 aliphatic rings. The summed E-state index contributed by atoms with van der Waals surface area (Å²) in [6.45, 7) is 9.48. The fraction of sp³-hybridized carbons (Fsp3) is 0.375. The first-order chi connectivity index (χ1) is 13.6. The van der Waals surface area contributed by atoms with E-state index in [4.69, 9.17) is 0 Å². The van der Waals surface area contributed by atoms with Crippen molar-refractivity contribution >= 4 is 6.03 Å². The molecule has 4 heteroatoms. The van der Waals surface area contributed by atoms with Gasteiger partial charge in [-0.1, -0.05) is 80.1 Å². The summed E-state index contributed by atoms with van der Waals surface area (Å²) in [7, 11) is 0. The zero-order valence-corrected chi connectivity index (χ0v) is 17.1. The topological polar surface area (TPSA) is 35.6 Å². The van der Waals surface area contributed by atoms with Crippen LogP contribution in [0.2, 0.25) is 0 Å². The molecule has 1 N–H and O–H groups in total. The van der Waals surface area contributed by atoms with Crippen LogP contribution in [-0.4, -0.2) is 42.0 Å². The van der Waals surface area contributed by atoms with Crippen LogP contribution in [0.15, 0.2) is 72.4 Å². The van der Waals surface area contributed by atoms with Crippen molar-refractivity contribution in [2.24, 2.45) is 5.92 Å². The Kier molecular flexibility index (Phi) is 6.88. The van der Waals surface area contributed by atoms with Gasteiger partial charge in [-0.15, -0.1) is 0 Å². The molecule has 2 amide bonds. The fourth-order valence-corrected chi connectivity index (χ4v) is 3.50. The molecule has 0 aliphatic carbocycles. The maximum absolute atomic E-state index is 12.5. The van der Waals surface area contributed by atoms with Crippen LogP contribution in [0, 0.1) is 5.92 Å². The summed E-state index contributed by atoms with van der Waals surface area (Å²) in [5.41, 5.74) is 3.77. The molecule has 1 saturated heterocycles. The van der Waals surface area contributed by atoms with Crippen molar-refractivity contribution in [2.75, 3.05) is 26.2 Å². The number of urea groups is 1. The van der Waals surface area contributed by atoms with Crippen LogP contribution in [0.5, 0.6) is 0 Å². The normalized spacial score (nSPS) is 15.9. The van der Waals surface area contributed by atoms with E-state index in [1.165, 1.54) is 16.7 Å². The molecule has 148 valence electrons. The van der Waals surface area contributed by atoms with Gasteiger partial charge in [0.2, 0.25) is 0 Å². The van der Waals surface area contributed by atoms with Crippen LogP contribution < -0.4 is 5.32 Å². The summed E-state index contributed by atoms with van der Waals surface area (Å²) < 4.78 is 0. The minimum absolute atomic E-state index is 0.00405. The highest BCUT2D eigenvalue weighted by atomic mass is 16.2. The van der Waals surface area contributed by atoms with E-state index in [0.717, 1.165) is 26.2 Å². The van der Waals surface area contributed by atoms with Crippen molar-refractivity contribution in [1.29, 1.82) is 0 Å². The molecular formula is C24H31N3O. The number of rotatable bonds is 5. The number of carbonyl (C=O) groups is 1. The van der Waals surface area contributed by atoms with E-state index in [2.05, 4.69) is 84.7 Å². The lowest BCUT2D eigenvalue weighted by Gasteiger charge is -2.39. The van der Waals surface area contributed by atoms with Gasteiger partial charge in [-0.2, -0.15) is 0 Å². The van der Waals surface area contributed by atoms with Gasteiger partial charge in [-0.05, 0) is 24.0 Å². The van der Waals surface area contributed by atoms with E-state index in [9.17, 15) is 4.79 Å². The van der Waals surface area contributed by atoms with Gasteiger partial charge in [-0.25, -0.2) is 4.79 Å². The monoisotopic (exact) mass is 377 g/mol. The van der Waals surface area contributed by atoms with Gasteiger partial charge in [0.15, 0.2) is 0 Å². The molecule has 1 aliphatic heterocycles. The molecule has 0 unspecified atom stereocenters. The van der Waals surface area contributed by atoms with Crippen molar-refractivity contribution in [3.63, 3.8) is 0 Å². The van der Waals surface area contributed by atoms with Crippen molar-refractivity contribution < 1.29 is 4.79 Å². The van der Waals surface area contributed by atoms with Crippen LogP contribution in [0.25, 0.3) is 0 Å². The second-order valence-corrected chi connectivity index (χ2v) is 7.74. The van der Waals surface area contributed by atoms with Gasteiger partial charge < -0.3 is 10.2 Å². The molecule has 1 heterocycles. The second kappa shape index (κ2) is 9.56. The molecule has 0 atom stereocenters. The number of hydrogen-bond donors (Lipinski definition) is 1. The molecule has 2 aromatic carbocycles. The van der Waals surface area contributed by atoms with Crippen LogP contribution in [0.4, 0.5) is 4.79 Å². The Labute approximate surface area is 168 Å². The molecule has 28 heavy (non-hydrogen) atoms. The Morgan fingerprint density at radius 1 is 0.893 bits per heavy atom. The highest BCUT2D eigenvalue weighted by molar-refractivity contribution is 5.75. The summed E-state index contributed by atoms with van der Waals surface area (Å²) in [4.78, 5) is 16.9. The molecule has 0 aromatic heterocycles. The van der Waals surface area contributed by atoms with Gasteiger partial charge in [0, 0.05) is 32.4 Å². The van der Waals surface area contributed by atoms with E-state index in [1.54, 1.807) is 0 Å². The number of nitrogens with zero attached hydrogens (tertiary/aromatic N) is 2. The lowest BCUT2D eigenvalue weighted by molar-refractivity contribution is 0.122. The van der Waals surface area contributed by atoms with Crippen molar-refractivity contribution in [1.82, 2.24) is 15.1 Å². The minimum Gasteiger partial charge on any atom is -0.322 e. The standard InChI is InChI=1S/C24H31N3O/c1-19(2)20(3)18-25-24(28)27-16-14-26(15-17-27)23(21-10-6-4-7-11-21)22-12-8-5-9-13-22/h4-13,18-19,23H,14-17H2,1-3H3,(H,25,28)/b20-18+. The highest BCUT2D eigenvalue weighted by Crippen LogP contribution is 2.29. The molecular weight excluding hydrogens is 346 g/mol. The Balaban J connectivity index is 1.68. The molecule has 0 radical (unpaired) electrons. The summed E-state index contributed by atoms with van der Waals surface area (Å²) in [6, 6.07) is 21.5. The van der Waals surface area contributed by atoms with Crippen LogP contribution in [0.3, 0.4) is 0 Å². The summed E-state index contributed by atoms with van der Waals surface area (Å²) in [5, 5.41) is 2.95. The van der Waals surface area contributed by atoms with Gasteiger partial charge in [0.05, 0.1) is 6.04 Å². The van der Waals surface area contributed by atoms with Gasteiger partial charge in [-0.3, -0.25) is 4.90 Å². The number of allylic oxidation sites excluding steroid dienone is 1. The molecule has 2 aromatic rings. The number of hydrogen-bond acceptors (Lipinski definition) is 2. The van der Waals surface area contributed by atoms with Gasteiger partial charge in [0.1, 0.15) is 0 Å². The first-order valence-electron chi connectivity index (χ1n) is 10.1. The van der Waals surface area contributed by atoms with Crippen molar-refractivity contribution in [3.8, 4) is 0 Å². The van der Waals surface area contributed by atoms with E-state index < -0.39 is 0 Å². The third-order valence-electron chi connectivity index (χ3n) is 5.53. The summed E-state index contributed by atoms with van der Waals surface area (Å²) >= 11 is 0. The number of amides is 2. The van der Waals surface area contributed by atoms with E-state index in [-0.39, 0.29) is 12.1 Å². The van der Waals surface area contributed by atoms with Crippen LogP contribution >= 0.6 is 0 Å². The number of carbonyl (C=O) groups excluding carboxylic acids is 1. The Hall–Kier alpha value is -2.59. The molecule has 0 saturated carbocycles. The third-order valence-corrected chi connectivity index (χ3v) is 5.53. The van der Waals surface area contributed by atoms with E-state index in [0.29, 0.717) is 5.92 Å². The first-order valence-corrected chi connectivity index (χ1v) is 10.1. The predicted molar refractivity (Wildman–Crippen MR) is 115 cm³/mol. The minimum atomic E-state index is -0.00405.